The van der Waals surface area contributed by atoms with Gasteiger partial charge >= 0.3 is 0 Å². The molecule has 134 valence electrons. The van der Waals surface area contributed by atoms with Crippen molar-refractivity contribution in [2.75, 3.05) is 5.38 Å². The van der Waals surface area contributed by atoms with Crippen molar-refractivity contribution in [3.8, 4) is 11.5 Å². The van der Waals surface area contributed by atoms with Crippen LogP contribution in [0.5, 0.6) is 11.5 Å². The van der Waals surface area contributed by atoms with E-state index in [0.29, 0.717) is 0 Å². The van der Waals surface area contributed by atoms with E-state index in [9.17, 15) is 4.39 Å². The van der Waals surface area contributed by atoms with E-state index in [1.807, 2.05) is 66.4 Å². The Hall–Kier alpha value is -2.04. The van der Waals surface area contributed by atoms with Gasteiger partial charge < -0.3 is 4.74 Å². The molecule has 26 heavy (non-hydrogen) atoms. The van der Waals surface area contributed by atoms with Crippen molar-refractivity contribution in [3.05, 3.63) is 90.2 Å². The molecule has 0 spiro atoms. The first-order valence-corrected chi connectivity index (χ1v) is 13.0. The maximum absolute atomic E-state index is 13.1. The van der Waals surface area contributed by atoms with E-state index in [2.05, 4.69) is 25.2 Å². The summed E-state index contributed by atoms with van der Waals surface area (Å²) >= 11 is 1.94. The normalized spacial score (nSPS) is 11.3. The minimum atomic E-state index is -1.57. The zero-order valence-corrected chi connectivity index (χ0v) is 16.9. The van der Waals surface area contributed by atoms with Gasteiger partial charge in [-0.1, -0.05) is 60.7 Å². The molecule has 0 amide bonds. The third kappa shape index (κ3) is 5.23. The lowest BCUT2D eigenvalue weighted by molar-refractivity contribution is 0.482. The molecule has 0 fully saturated rings. The highest BCUT2D eigenvalue weighted by molar-refractivity contribution is 8.00. The van der Waals surface area contributed by atoms with Gasteiger partial charge in [0.15, 0.2) is 0 Å². The minimum Gasteiger partial charge on any atom is -0.457 e. The van der Waals surface area contributed by atoms with Crippen molar-refractivity contribution < 1.29 is 9.13 Å². The molecule has 0 aliphatic heterocycles. The summed E-state index contributed by atoms with van der Waals surface area (Å²) in [6.07, 6.45) is 0. The zero-order chi connectivity index (χ0) is 18.4. The number of benzene rings is 3. The van der Waals surface area contributed by atoms with Crippen LogP contribution in [-0.4, -0.2) is 13.5 Å². The van der Waals surface area contributed by atoms with E-state index in [-0.39, 0.29) is 5.82 Å². The lowest BCUT2D eigenvalue weighted by atomic mass is 10.2. The number of ether oxygens (including phenoxy) is 1. The highest BCUT2D eigenvalue weighted by Gasteiger charge is 2.23. The van der Waals surface area contributed by atoms with Crippen molar-refractivity contribution in [1.29, 1.82) is 0 Å². The summed E-state index contributed by atoms with van der Waals surface area (Å²) in [5, 5.41) is 2.40. The molecule has 0 atom stereocenters. The number of thioether (sulfide) groups is 1. The van der Waals surface area contributed by atoms with Gasteiger partial charge in [0.25, 0.3) is 0 Å². The minimum absolute atomic E-state index is 0.165. The summed E-state index contributed by atoms with van der Waals surface area (Å²) < 4.78 is 19.1. The Kier molecular flexibility index (Phi) is 6.17. The molecule has 1 nitrogen and oxygen atoms in total. The monoisotopic (exact) mass is 382 g/mol. The van der Waals surface area contributed by atoms with E-state index in [0.717, 1.165) is 22.6 Å². The van der Waals surface area contributed by atoms with Crippen LogP contribution in [0.1, 0.15) is 5.56 Å². The fraction of sp³-hybridized carbons (Fsp3) is 0.182. The molecule has 0 unspecified atom stereocenters. The quantitative estimate of drug-likeness (QED) is 0.463. The summed E-state index contributed by atoms with van der Waals surface area (Å²) in [4.78, 5) is 0. The molecule has 0 heterocycles. The van der Waals surface area contributed by atoms with Crippen molar-refractivity contribution >= 4 is 25.0 Å². The molecule has 0 N–H and O–H groups in total. The van der Waals surface area contributed by atoms with Crippen molar-refractivity contribution in [1.82, 2.24) is 0 Å². The third-order valence-corrected chi connectivity index (χ3v) is 10.4. The van der Waals surface area contributed by atoms with Gasteiger partial charge in [-0.05, 0) is 47.3 Å². The number of rotatable bonds is 7. The summed E-state index contributed by atoms with van der Waals surface area (Å²) in [5.41, 5.74) is 1.26. The molecule has 3 rings (SSSR count). The fourth-order valence-electron chi connectivity index (χ4n) is 2.73. The van der Waals surface area contributed by atoms with Gasteiger partial charge in [0.1, 0.15) is 17.3 Å². The first-order valence-electron chi connectivity index (χ1n) is 8.69. The van der Waals surface area contributed by atoms with Crippen LogP contribution in [0.15, 0.2) is 78.9 Å². The average molecular weight is 383 g/mol. The van der Waals surface area contributed by atoms with Gasteiger partial charge in [-0.3, -0.25) is 0 Å². The first kappa shape index (κ1) is 18.7. The Morgan fingerprint density at radius 3 is 2.27 bits per heavy atom. The molecular formula is C22H23FOSSi. The van der Waals surface area contributed by atoms with Crippen molar-refractivity contribution in [3.63, 3.8) is 0 Å². The molecule has 0 bridgehead atoms. The number of hydrogen-bond donors (Lipinski definition) is 0. The Labute approximate surface area is 160 Å². The number of halogens is 1. The van der Waals surface area contributed by atoms with Crippen molar-refractivity contribution in [2.45, 2.75) is 18.8 Å². The molecule has 4 heteroatoms. The Morgan fingerprint density at radius 2 is 1.54 bits per heavy atom. The summed E-state index contributed by atoms with van der Waals surface area (Å²) in [5.74, 6) is 2.50. The van der Waals surface area contributed by atoms with Crippen LogP contribution in [0.2, 0.25) is 13.1 Å². The van der Waals surface area contributed by atoms with E-state index in [4.69, 9.17) is 4.74 Å². The van der Waals surface area contributed by atoms with Crippen LogP contribution < -0.4 is 9.92 Å². The summed E-state index contributed by atoms with van der Waals surface area (Å²) in [6.45, 7) is 4.67. The topological polar surface area (TPSA) is 9.23 Å². The second-order valence-corrected chi connectivity index (χ2v) is 13.1. The second-order valence-electron chi connectivity index (χ2n) is 6.95. The number of para-hydroxylation sites is 1. The van der Waals surface area contributed by atoms with Crippen LogP contribution in [0.4, 0.5) is 4.39 Å². The summed E-state index contributed by atoms with van der Waals surface area (Å²) in [6, 6.07) is 25.1. The van der Waals surface area contributed by atoms with E-state index >= 15 is 0 Å². The van der Waals surface area contributed by atoms with Gasteiger partial charge in [0.05, 0.1) is 8.07 Å². The van der Waals surface area contributed by atoms with Gasteiger partial charge in [0, 0.05) is 5.75 Å². The molecule has 0 aliphatic carbocycles. The van der Waals surface area contributed by atoms with E-state index < -0.39 is 8.07 Å². The van der Waals surface area contributed by atoms with E-state index in [1.165, 1.54) is 10.8 Å². The third-order valence-electron chi connectivity index (χ3n) is 4.23. The SMILES string of the molecule is C[Si](C)(CSCc1cccc(Oc2ccccc2)c1)c1ccc(F)cc1. The second kappa shape index (κ2) is 8.56. The molecule has 0 saturated heterocycles. The van der Waals surface area contributed by atoms with Crippen LogP contribution in [0.3, 0.4) is 0 Å². The lowest BCUT2D eigenvalue weighted by Gasteiger charge is -2.22. The summed E-state index contributed by atoms with van der Waals surface area (Å²) in [7, 11) is -1.57. The maximum Gasteiger partial charge on any atom is 0.127 e. The van der Waals surface area contributed by atoms with Gasteiger partial charge in [-0.2, -0.15) is 11.8 Å². The standard InChI is InChI=1S/C22H23FOSSi/c1-26(2,22-13-11-19(23)12-14-22)17-25-16-18-7-6-10-21(15-18)24-20-8-4-3-5-9-20/h3-15H,16-17H2,1-2H3. The van der Waals surface area contributed by atoms with Crippen LogP contribution in [-0.2, 0) is 5.75 Å². The zero-order valence-electron chi connectivity index (χ0n) is 15.1. The highest BCUT2D eigenvalue weighted by atomic mass is 32.2. The maximum atomic E-state index is 13.1. The molecular weight excluding hydrogens is 359 g/mol. The smallest absolute Gasteiger partial charge is 0.127 e. The van der Waals surface area contributed by atoms with Gasteiger partial charge in [-0.25, -0.2) is 4.39 Å². The Balaban J connectivity index is 1.58. The fourth-order valence-corrected chi connectivity index (χ4v) is 7.33. The van der Waals surface area contributed by atoms with Crippen molar-refractivity contribution in [2.24, 2.45) is 0 Å². The molecule has 3 aromatic rings. The lowest BCUT2D eigenvalue weighted by Crippen LogP contribution is -2.44. The predicted octanol–water partition coefficient (Wildman–Crippen LogP) is 6.01. The predicted molar refractivity (Wildman–Crippen MR) is 113 cm³/mol. The molecule has 0 aromatic heterocycles. The van der Waals surface area contributed by atoms with Crippen LogP contribution in [0, 0.1) is 5.82 Å². The van der Waals surface area contributed by atoms with E-state index in [1.54, 1.807) is 12.1 Å². The van der Waals surface area contributed by atoms with Gasteiger partial charge in [0.2, 0.25) is 0 Å². The molecule has 3 aromatic carbocycles. The first-order chi connectivity index (χ1) is 12.5. The Bertz CT molecular complexity index is 834. The molecule has 0 aliphatic rings. The molecule has 0 radical (unpaired) electrons. The van der Waals surface area contributed by atoms with Crippen LogP contribution >= 0.6 is 11.8 Å². The highest BCUT2D eigenvalue weighted by Crippen LogP contribution is 2.24. The Morgan fingerprint density at radius 1 is 0.846 bits per heavy atom. The van der Waals surface area contributed by atoms with Crippen LogP contribution in [0.25, 0.3) is 0 Å². The molecule has 0 saturated carbocycles. The average Bonchev–Trinajstić information content (AvgIpc) is 2.63. The van der Waals surface area contributed by atoms with Gasteiger partial charge in [-0.15, -0.1) is 0 Å². The largest absolute Gasteiger partial charge is 0.457 e. The number of hydrogen-bond acceptors (Lipinski definition) is 2.